The SMILES string of the molecule is Cc1nonc1-c1csc(NC(=O)c2ccc(F)cc2)n1. The molecule has 8 heteroatoms. The fraction of sp³-hybridized carbons (Fsp3) is 0.0769. The van der Waals surface area contributed by atoms with Crippen molar-refractivity contribution in [1.29, 1.82) is 0 Å². The largest absolute Gasteiger partial charge is 0.298 e. The van der Waals surface area contributed by atoms with E-state index in [-0.39, 0.29) is 5.91 Å². The Kier molecular flexibility index (Phi) is 3.44. The summed E-state index contributed by atoms with van der Waals surface area (Å²) in [4.78, 5) is 16.2. The van der Waals surface area contributed by atoms with E-state index >= 15 is 0 Å². The molecule has 0 unspecified atom stereocenters. The Labute approximate surface area is 122 Å². The molecular formula is C13H9FN4O2S. The number of aryl methyl sites for hydroxylation is 1. The lowest BCUT2D eigenvalue weighted by Crippen LogP contribution is -2.11. The summed E-state index contributed by atoms with van der Waals surface area (Å²) >= 11 is 1.26. The van der Waals surface area contributed by atoms with Gasteiger partial charge in [-0.1, -0.05) is 5.16 Å². The number of aromatic nitrogens is 3. The summed E-state index contributed by atoms with van der Waals surface area (Å²) < 4.78 is 17.4. The van der Waals surface area contributed by atoms with Crippen LogP contribution in [0.3, 0.4) is 0 Å². The smallest absolute Gasteiger partial charge is 0.257 e. The summed E-state index contributed by atoms with van der Waals surface area (Å²) in [7, 11) is 0. The molecule has 0 aliphatic carbocycles. The van der Waals surface area contributed by atoms with Crippen molar-refractivity contribution in [1.82, 2.24) is 15.3 Å². The molecule has 0 atom stereocenters. The lowest BCUT2D eigenvalue weighted by Gasteiger charge is -2.01. The van der Waals surface area contributed by atoms with Crippen LogP contribution >= 0.6 is 11.3 Å². The van der Waals surface area contributed by atoms with Crippen molar-refractivity contribution in [3.05, 3.63) is 46.7 Å². The molecule has 21 heavy (non-hydrogen) atoms. The number of nitrogens with one attached hydrogen (secondary N) is 1. The maximum absolute atomic E-state index is 12.8. The van der Waals surface area contributed by atoms with E-state index in [1.807, 2.05) is 0 Å². The van der Waals surface area contributed by atoms with Crippen LogP contribution in [0, 0.1) is 12.7 Å². The van der Waals surface area contributed by atoms with Gasteiger partial charge in [0.25, 0.3) is 5.91 Å². The van der Waals surface area contributed by atoms with Crippen LogP contribution in [-0.4, -0.2) is 21.2 Å². The third kappa shape index (κ3) is 2.79. The van der Waals surface area contributed by atoms with E-state index in [1.54, 1.807) is 12.3 Å². The van der Waals surface area contributed by atoms with Crippen molar-refractivity contribution >= 4 is 22.4 Å². The third-order valence-corrected chi connectivity index (χ3v) is 3.48. The van der Waals surface area contributed by atoms with Crippen LogP contribution in [0.25, 0.3) is 11.4 Å². The number of nitrogens with zero attached hydrogens (tertiary/aromatic N) is 3. The van der Waals surface area contributed by atoms with Crippen LogP contribution in [0.4, 0.5) is 9.52 Å². The minimum Gasteiger partial charge on any atom is -0.298 e. The number of hydrogen-bond acceptors (Lipinski definition) is 6. The Morgan fingerprint density at radius 2 is 2.05 bits per heavy atom. The second kappa shape index (κ2) is 5.41. The predicted octanol–water partition coefficient (Wildman–Crippen LogP) is 2.89. The maximum Gasteiger partial charge on any atom is 0.257 e. The number of carbonyl (C=O) groups is 1. The number of benzene rings is 1. The van der Waals surface area contributed by atoms with Crippen LogP contribution in [0.1, 0.15) is 16.1 Å². The van der Waals surface area contributed by atoms with E-state index < -0.39 is 5.82 Å². The first kappa shape index (κ1) is 13.4. The highest BCUT2D eigenvalue weighted by molar-refractivity contribution is 7.14. The summed E-state index contributed by atoms with van der Waals surface area (Å²) in [5, 5.41) is 12.2. The number of anilines is 1. The molecule has 0 fully saturated rings. The third-order valence-electron chi connectivity index (χ3n) is 2.73. The molecule has 1 amide bonds. The molecule has 0 saturated heterocycles. The lowest BCUT2D eigenvalue weighted by molar-refractivity contribution is 0.102. The molecule has 1 aromatic carbocycles. The van der Waals surface area contributed by atoms with Gasteiger partial charge in [0.05, 0.1) is 0 Å². The molecule has 6 nitrogen and oxygen atoms in total. The lowest BCUT2D eigenvalue weighted by atomic mass is 10.2. The second-order valence-corrected chi connectivity index (χ2v) is 5.06. The molecule has 2 aromatic heterocycles. The summed E-state index contributed by atoms with van der Waals surface area (Å²) in [6.45, 7) is 1.75. The normalized spacial score (nSPS) is 10.6. The molecule has 1 N–H and O–H groups in total. The minimum atomic E-state index is -0.392. The molecule has 0 spiro atoms. The fourth-order valence-corrected chi connectivity index (χ4v) is 2.36. The van der Waals surface area contributed by atoms with Gasteiger partial charge in [-0.15, -0.1) is 11.3 Å². The first-order valence-corrected chi connectivity index (χ1v) is 6.83. The van der Waals surface area contributed by atoms with Gasteiger partial charge in [-0.05, 0) is 36.3 Å². The monoisotopic (exact) mass is 304 g/mol. The van der Waals surface area contributed by atoms with Crippen molar-refractivity contribution in [2.45, 2.75) is 6.92 Å². The van der Waals surface area contributed by atoms with Crippen molar-refractivity contribution in [2.24, 2.45) is 0 Å². The van der Waals surface area contributed by atoms with E-state index in [1.165, 1.54) is 35.6 Å². The highest BCUT2D eigenvalue weighted by Gasteiger charge is 2.14. The van der Waals surface area contributed by atoms with Gasteiger partial charge in [0.1, 0.15) is 17.2 Å². The molecule has 0 saturated carbocycles. The van der Waals surface area contributed by atoms with Crippen LogP contribution < -0.4 is 5.32 Å². The Morgan fingerprint density at radius 3 is 2.71 bits per heavy atom. The van der Waals surface area contributed by atoms with Crippen LogP contribution in [0.15, 0.2) is 34.3 Å². The summed E-state index contributed by atoms with van der Waals surface area (Å²) in [5.41, 5.74) is 2.09. The van der Waals surface area contributed by atoms with Gasteiger partial charge in [-0.25, -0.2) is 14.0 Å². The summed E-state index contributed by atoms with van der Waals surface area (Å²) in [6.07, 6.45) is 0. The summed E-state index contributed by atoms with van der Waals surface area (Å²) in [5.74, 6) is -0.747. The fourth-order valence-electron chi connectivity index (χ4n) is 1.67. The van der Waals surface area contributed by atoms with Crippen LogP contribution in [0.2, 0.25) is 0 Å². The number of halogens is 1. The van der Waals surface area contributed by atoms with E-state index in [2.05, 4.69) is 25.2 Å². The average molecular weight is 304 g/mol. The second-order valence-electron chi connectivity index (χ2n) is 4.20. The average Bonchev–Trinajstić information content (AvgIpc) is 3.08. The van der Waals surface area contributed by atoms with E-state index in [0.717, 1.165) is 0 Å². The number of amides is 1. The predicted molar refractivity (Wildman–Crippen MR) is 74.5 cm³/mol. The van der Waals surface area contributed by atoms with Gasteiger partial charge in [-0.3, -0.25) is 10.1 Å². The quantitative estimate of drug-likeness (QED) is 0.804. The molecule has 3 rings (SSSR count). The Balaban J connectivity index is 1.77. The zero-order valence-electron chi connectivity index (χ0n) is 10.8. The van der Waals surface area contributed by atoms with Crippen LogP contribution in [-0.2, 0) is 0 Å². The van der Waals surface area contributed by atoms with E-state index in [4.69, 9.17) is 0 Å². The molecule has 0 aliphatic rings. The number of carbonyl (C=O) groups excluding carboxylic acids is 1. The molecule has 2 heterocycles. The first-order chi connectivity index (χ1) is 10.1. The van der Waals surface area contributed by atoms with Crippen molar-refractivity contribution in [3.8, 4) is 11.4 Å². The van der Waals surface area contributed by atoms with Crippen LogP contribution in [0.5, 0.6) is 0 Å². The van der Waals surface area contributed by atoms with Crippen molar-refractivity contribution in [2.75, 3.05) is 5.32 Å². The summed E-state index contributed by atoms with van der Waals surface area (Å²) in [6, 6.07) is 5.27. The Hall–Kier alpha value is -2.61. The molecule has 0 radical (unpaired) electrons. The molecule has 0 aliphatic heterocycles. The highest BCUT2D eigenvalue weighted by Crippen LogP contribution is 2.25. The number of thiazole rings is 1. The molecular weight excluding hydrogens is 295 g/mol. The van der Waals surface area contributed by atoms with Gasteiger partial charge >= 0.3 is 0 Å². The maximum atomic E-state index is 12.8. The Bertz CT molecular complexity index is 782. The minimum absolute atomic E-state index is 0.354. The van der Waals surface area contributed by atoms with Crippen molar-refractivity contribution in [3.63, 3.8) is 0 Å². The zero-order valence-corrected chi connectivity index (χ0v) is 11.6. The number of hydrogen-bond donors (Lipinski definition) is 1. The molecule has 106 valence electrons. The van der Waals surface area contributed by atoms with Gasteiger partial charge < -0.3 is 0 Å². The van der Waals surface area contributed by atoms with E-state index in [0.29, 0.717) is 27.8 Å². The van der Waals surface area contributed by atoms with Gasteiger partial charge in [0.2, 0.25) is 0 Å². The number of rotatable bonds is 3. The van der Waals surface area contributed by atoms with Crippen molar-refractivity contribution < 1.29 is 13.8 Å². The van der Waals surface area contributed by atoms with Gasteiger partial charge in [0, 0.05) is 10.9 Å². The van der Waals surface area contributed by atoms with Gasteiger partial charge in [-0.2, -0.15) is 0 Å². The Morgan fingerprint density at radius 1 is 1.29 bits per heavy atom. The van der Waals surface area contributed by atoms with Gasteiger partial charge in [0.15, 0.2) is 10.8 Å². The molecule has 0 bridgehead atoms. The highest BCUT2D eigenvalue weighted by atomic mass is 32.1. The first-order valence-electron chi connectivity index (χ1n) is 5.95. The topological polar surface area (TPSA) is 80.9 Å². The van der Waals surface area contributed by atoms with E-state index in [9.17, 15) is 9.18 Å². The molecule has 3 aromatic rings. The zero-order chi connectivity index (χ0) is 14.8. The standard InChI is InChI=1S/C13H9FN4O2S/c1-7-11(18-20-17-7)10-6-21-13(15-10)16-12(19)8-2-4-9(14)5-3-8/h2-6H,1H3,(H,15,16,19).